The quantitative estimate of drug-likeness (QED) is 0.748. The first-order valence-electron chi connectivity index (χ1n) is 5.36. The maximum atomic E-state index is 5.71. The zero-order valence-electron chi connectivity index (χ0n) is 9.53. The summed E-state index contributed by atoms with van der Waals surface area (Å²) < 4.78 is 6.81. The van der Waals surface area contributed by atoms with E-state index in [4.69, 9.17) is 4.74 Å². The number of rotatable bonds is 1. The summed E-state index contributed by atoms with van der Waals surface area (Å²) in [6, 6.07) is 8.28. The van der Waals surface area contributed by atoms with Gasteiger partial charge in [-0.2, -0.15) is 0 Å². The molecule has 1 heterocycles. The normalized spacial score (nSPS) is 21.3. The summed E-state index contributed by atoms with van der Waals surface area (Å²) in [6.45, 7) is 4.90. The molecule has 0 aliphatic carbocycles. The highest BCUT2D eigenvalue weighted by Gasteiger charge is 2.24. The lowest BCUT2D eigenvalue weighted by Crippen LogP contribution is -2.29. The standard InChI is InChI=1S/C14H15BrO/c1-14(2)12(4-3-9-16-14)10-11-5-7-13(15)8-6-11/h3-8,10H,9H2,1-2H3/b12-10+. The van der Waals surface area contributed by atoms with Crippen LogP contribution in [0.15, 0.2) is 46.5 Å². The van der Waals surface area contributed by atoms with Gasteiger partial charge in [0.05, 0.1) is 12.2 Å². The Morgan fingerprint density at radius 1 is 1.25 bits per heavy atom. The lowest BCUT2D eigenvalue weighted by molar-refractivity contribution is 0.0270. The number of hydrogen-bond acceptors (Lipinski definition) is 1. The summed E-state index contributed by atoms with van der Waals surface area (Å²) in [5.74, 6) is 0. The van der Waals surface area contributed by atoms with E-state index < -0.39 is 0 Å². The molecule has 0 saturated heterocycles. The minimum Gasteiger partial charge on any atom is -0.367 e. The molecule has 0 aromatic heterocycles. The fourth-order valence-corrected chi connectivity index (χ4v) is 1.94. The largest absolute Gasteiger partial charge is 0.367 e. The molecule has 84 valence electrons. The third kappa shape index (κ3) is 2.63. The van der Waals surface area contributed by atoms with Crippen molar-refractivity contribution in [1.82, 2.24) is 0 Å². The highest BCUT2D eigenvalue weighted by Crippen LogP contribution is 2.27. The van der Waals surface area contributed by atoms with Crippen LogP contribution in [0.2, 0.25) is 0 Å². The van der Waals surface area contributed by atoms with Crippen LogP contribution in [0.5, 0.6) is 0 Å². The molecule has 2 heteroatoms. The highest BCUT2D eigenvalue weighted by atomic mass is 79.9. The fraction of sp³-hybridized carbons (Fsp3) is 0.286. The van der Waals surface area contributed by atoms with E-state index in [-0.39, 0.29) is 5.60 Å². The van der Waals surface area contributed by atoms with E-state index >= 15 is 0 Å². The summed E-state index contributed by atoms with van der Waals surface area (Å²) in [4.78, 5) is 0. The Labute approximate surface area is 105 Å². The number of ether oxygens (including phenoxy) is 1. The third-order valence-corrected chi connectivity index (χ3v) is 3.25. The number of halogens is 1. The monoisotopic (exact) mass is 278 g/mol. The lowest BCUT2D eigenvalue weighted by atomic mass is 9.93. The predicted molar refractivity (Wildman–Crippen MR) is 71.3 cm³/mol. The summed E-state index contributed by atoms with van der Waals surface area (Å²) in [5.41, 5.74) is 2.21. The van der Waals surface area contributed by atoms with E-state index in [0.717, 1.165) is 4.47 Å². The van der Waals surface area contributed by atoms with Gasteiger partial charge < -0.3 is 4.74 Å². The van der Waals surface area contributed by atoms with Gasteiger partial charge in [-0.25, -0.2) is 0 Å². The smallest absolute Gasteiger partial charge is 0.0879 e. The maximum Gasteiger partial charge on any atom is 0.0879 e. The molecule has 0 unspecified atom stereocenters. The Balaban J connectivity index is 2.32. The van der Waals surface area contributed by atoms with Gasteiger partial charge in [0.2, 0.25) is 0 Å². The summed E-state index contributed by atoms with van der Waals surface area (Å²) in [5, 5.41) is 0. The van der Waals surface area contributed by atoms with Crippen LogP contribution in [0.4, 0.5) is 0 Å². The Morgan fingerprint density at radius 2 is 1.94 bits per heavy atom. The van der Waals surface area contributed by atoms with Crippen molar-refractivity contribution in [3.05, 3.63) is 52.0 Å². The minimum absolute atomic E-state index is 0.193. The molecule has 1 aliphatic rings. The predicted octanol–water partition coefficient (Wildman–Crippen LogP) is 4.20. The first kappa shape index (κ1) is 11.6. The van der Waals surface area contributed by atoms with Gasteiger partial charge in [-0.15, -0.1) is 0 Å². The molecule has 1 aromatic carbocycles. The average Bonchev–Trinajstić information content (AvgIpc) is 2.24. The Hall–Kier alpha value is -0.860. The van der Waals surface area contributed by atoms with Crippen LogP contribution in [0, 0.1) is 0 Å². The molecule has 0 N–H and O–H groups in total. The van der Waals surface area contributed by atoms with E-state index in [0.29, 0.717) is 6.61 Å². The number of benzene rings is 1. The van der Waals surface area contributed by atoms with Crippen molar-refractivity contribution in [1.29, 1.82) is 0 Å². The fourth-order valence-electron chi connectivity index (χ4n) is 1.68. The molecule has 16 heavy (non-hydrogen) atoms. The van der Waals surface area contributed by atoms with E-state index in [1.807, 2.05) is 12.1 Å². The van der Waals surface area contributed by atoms with Crippen molar-refractivity contribution in [2.75, 3.05) is 6.61 Å². The minimum atomic E-state index is -0.193. The van der Waals surface area contributed by atoms with Gasteiger partial charge in [0, 0.05) is 4.47 Å². The second-order valence-corrected chi connectivity index (χ2v) is 5.29. The van der Waals surface area contributed by atoms with Crippen LogP contribution in [0.3, 0.4) is 0 Å². The molecule has 1 aromatic rings. The van der Waals surface area contributed by atoms with Crippen molar-refractivity contribution in [2.45, 2.75) is 19.4 Å². The summed E-state index contributed by atoms with van der Waals surface area (Å²) in [6.07, 6.45) is 6.36. The first-order chi connectivity index (χ1) is 7.58. The van der Waals surface area contributed by atoms with Crippen LogP contribution < -0.4 is 0 Å². The third-order valence-electron chi connectivity index (χ3n) is 2.73. The molecule has 0 saturated carbocycles. The molecular formula is C14H15BrO. The second kappa shape index (κ2) is 4.56. The Bertz CT molecular complexity index is 427. The molecule has 0 bridgehead atoms. The van der Waals surface area contributed by atoms with Crippen LogP contribution in [0.1, 0.15) is 19.4 Å². The van der Waals surface area contributed by atoms with Gasteiger partial charge in [0.25, 0.3) is 0 Å². The van der Waals surface area contributed by atoms with E-state index in [1.165, 1.54) is 11.1 Å². The SMILES string of the molecule is CC1(C)OCC=C/C1=C\c1ccc(Br)cc1. The topological polar surface area (TPSA) is 9.23 Å². The number of hydrogen-bond donors (Lipinski definition) is 0. The van der Waals surface area contributed by atoms with Gasteiger partial charge >= 0.3 is 0 Å². The lowest BCUT2D eigenvalue weighted by Gasteiger charge is -2.29. The van der Waals surface area contributed by atoms with Gasteiger partial charge in [0.15, 0.2) is 0 Å². The van der Waals surface area contributed by atoms with Crippen molar-refractivity contribution >= 4 is 22.0 Å². The molecule has 0 amide bonds. The molecular weight excluding hydrogens is 264 g/mol. The maximum absolute atomic E-state index is 5.71. The molecule has 0 fully saturated rings. The molecule has 2 rings (SSSR count). The zero-order chi connectivity index (χ0) is 11.6. The van der Waals surface area contributed by atoms with Gasteiger partial charge in [0.1, 0.15) is 0 Å². The average molecular weight is 279 g/mol. The van der Waals surface area contributed by atoms with Gasteiger partial charge in [-0.1, -0.05) is 40.2 Å². The van der Waals surface area contributed by atoms with Crippen molar-refractivity contribution in [2.24, 2.45) is 0 Å². The highest BCUT2D eigenvalue weighted by molar-refractivity contribution is 9.10. The van der Waals surface area contributed by atoms with Gasteiger partial charge in [-0.3, -0.25) is 0 Å². The molecule has 1 nitrogen and oxygen atoms in total. The van der Waals surface area contributed by atoms with Crippen LogP contribution in [-0.4, -0.2) is 12.2 Å². The Morgan fingerprint density at radius 3 is 2.56 bits per heavy atom. The van der Waals surface area contributed by atoms with E-state index in [2.05, 4.69) is 60.1 Å². The van der Waals surface area contributed by atoms with E-state index in [1.54, 1.807) is 0 Å². The summed E-state index contributed by atoms with van der Waals surface area (Å²) in [7, 11) is 0. The first-order valence-corrected chi connectivity index (χ1v) is 6.15. The van der Waals surface area contributed by atoms with Gasteiger partial charge in [-0.05, 0) is 43.2 Å². The molecule has 0 radical (unpaired) electrons. The van der Waals surface area contributed by atoms with Crippen LogP contribution >= 0.6 is 15.9 Å². The van der Waals surface area contributed by atoms with Crippen molar-refractivity contribution in [3.8, 4) is 0 Å². The second-order valence-electron chi connectivity index (χ2n) is 4.37. The zero-order valence-corrected chi connectivity index (χ0v) is 11.1. The molecule has 0 spiro atoms. The van der Waals surface area contributed by atoms with E-state index in [9.17, 15) is 0 Å². The Kier molecular flexibility index (Phi) is 3.31. The molecule has 1 aliphatic heterocycles. The van der Waals surface area contributed by atoms with Crippen LogP contribution in [0.25, 0.3) is 6.08 Å². The summed E-state index contributed by atoms with van der Waals surface area (Å²) >= 11 is 3.43. The molecule has 0 atom stereocenters. The van der Waals surface area contributed by atoms with Crippen LogP contribution in [-0.2, 0) is 4.74 Å². The van der Waals surface area contributed by atoms with Crippen molar-refractivity contribution in [3.63, 3.8) is 0 Å². The van der Waals surface area contributed by atoms with Crippen molar-refractivity contribution < 1.29 is 4.74 Å².